The van der Waals surface area contributed by atoms with E-state index in [-0.39, 0.29) is 17.6 Å². The van der Waals surface area contributed by atoms with Crippen molar-refractivity contribution in [3.8, 4) is 11.5 Å². The van der Waals surface area contributed by atoms with E-state index in [0.29, 0.717) is 52.2 Å². The maximum atomic E-state index is 15.0. The Balaban J connectivity index is 0.901. The normalized spacial score (nSPS) is 23.5. The van der Waals surface area contributed by atoms with Gasteiger partial charge in [-0.2, -0.15) is 11.8 Å². The maximum Gasteiger partial charge on any atom is 0.412 e. The topological polar surface area (TPSA) is 126 Å². The Labute approximate surface area is 291 Å². The first kappa shape index (κ1) is 35.5. The van der Waals surface area contributed by atoms with Crippen LogP contribution in [-0.2, 0) is 10.5 Å². The van der Waals surface area contributed by atoms with Crippen molar-refractivity contribution in [2.75, 3.05) is 31.6 Å². The van der Waals surface area contributed by atoms with E-state index in [4.69, 9.17) is 14.2 Å². The monoisotopic (exact) mass is 696 g/mol. The average molecular weight is 697 g/mol. The average Bonchev–Trinajstić information content (AvgIpc) is 3.02. The molecule has 1 aromatic heterocycles. The van der Waals surface area contributed by atoms with Gasteiger partial charge in [0.05, 0.1) is 30.1 Å². The Hall–Kier alpha value is -3.35. The lowest BCUT2D eigenvalue weighted by Crippen LogP contribution is -2.44. The summed E-state index contributed by atoms with van der Waals surface area (Å²) in [7, 11) is 0. The summed E-state index contributed by atoms with van der Waals surface area (Å²) in [6, 6.07) is 10.4. The molecule has 2 heterocycles. The van der Waals surface area contributed by atoms with E-state index in [1.54, 1.807) is 17.8 Å². The van der Waals surface area contributed by atoms with E-state index < -0.39 is 23.1 Å². The molecule has 3 aromatic rings. The molecular weight excluding hydrogens is 647 g/mol. The van der Waals surface area contributed by atoms with E-state index in [1.807, 2.05) is 45.0 Å². The van der Waals surface area contributed by atoms with Crippen LogP contribution in [0.15, 0.2) is 41.2 Å². The van der Waals surface area contributed by atoms with Gasteiger partial charge in [-0.05, 0) is 121 Å². The third kappa shape index (κ3) is 10.1. The van der Waals surface area contributed by atoms with Crippen LogP contribution in [0.5, 0.6) is 11.5 Å². The van der Waals surface area contributed by atoms with E-state index >= 15 is 0 Å². The van der Waals surface area contributed by atoms with Gasteiger partial charge in [0.2, 0.25) is 0 Å². The number of nitrogens with zero attached hydrogens (tertiary/aromatic N) is 2. The lowest BCUT2D eigenvalue weighted by Gasteiger charge is -2.40. The van der Waals surface area contributed by atoms with E-state index in [2.05, 4.69) is 20.2 Å². The zero-order valence-corrected chi connectivity index (χ0v) is 29.5. The molecule has 2 aliphatic carbocycles. The number of likely N-dealkylation sites (tertiary alicyclic amines) is 1. The van der Waals surface area contributed by atoms with E-state index in [0.717, 1.165) is 76.8 Å². The molecule has 0 unspecified atom stereocenters. The second kappa shape index (κ2) is 15.7. The highest BCUT2D eigenvalue weighted by atomic mass is 32.2. The van der Waals surface area contributed by atoms with E-state index in [9.17, 15) is 19.1 Å². The van der Waals surface area contributed by atoms with Crippen LogP contribution in [0.25, 0.3) is 10.9 Å². The minimum atomic E-state index is -0.619. The Bertz CT molecular complexity index is 1620. The predicted octanol–water partition coefficient (Wildman–Crippen LogP) is 6.89. The second-order valence-corrected chi connectivity index (χ2v) is 16.1. The molecule has 1 saturated heterocycles. The second-order valence-electron chi connectivity index (χ2n) is 14.8. The molecular formula is C37H49FN4O6S. The Kier molecular flexibility index (Phi) is 11.4. The summed E-state index contributed by atoms with van der Waals surface area (Å²) in [5, 5.41) is 12.9. The molecule has 266 valence electrons. The molecule has 1 amide bonds. The third-order valence-electron chi connectivity index (χ3n) is 9.59. The summed E-state index contributed by atoms with van der Waals surface area (Å²) in [6.45, 7) is 9.07. The number of amides is 1. The van der Waals surface area contributed by atoms with Gasteiger partial charge >= 0.3 is 6.09 Å². The molecule has 49 heavy (non-hydrogen) atoms. The van der Waals surface area contributed by atoms with Crippen molar-refractivity contribution in [2.24, 2.45) is 11.8 Å². The minimum absolute atomic E-state index is 0.0377. The van der Waals surface area contributed by atoms with Crippen LogP contribution < -0.4 is 20.3 Å². The van der Waals surface area contributed by atoms with Crippen LogP contribution in [0.1, 0.15) is 78.0 Å². The quantitative estimate of drug-likeness (QED) is 0.196. The van der Waals surface area contributed by atoms with Crippen LogP contribution in [0.4, 0.5) is 14.9 Å². The highest BCUT2D eigenvalue weighted by Crippen LogP contribution is 2.34. The first-order valence-electron chi connectivity index (χ1n) is 17.6. The number of benzene rings is 2. The Morgan fingerprint density at radius 2 is 1.76 bits per heavy atom. The number of aliphatic hydroxyl groups is 1. The van der Waals surface area contributed by atoms with Crippen molar-refractivity contribution in [1.82, 2.24) is 14.9 Å². The third-order valence-corrected chi connectivity index (χ3v) is 11.0. The lowest BCUT2D eigenvalue weighted by molar-refractivity contribution is 0.0328. The van der Waals surface area contributed by atoms with Gasteiger partial charge in [0.25, 0.3) is 5.56 Å². The van der Waals surface area contributed by atoms with Crippen LogP contribution in [0.3, 0.4) is 0 Å². The van der Waals surface area contributed by atoms with Gasteiger partial charge in [0.15, 0.2) is 0 Å². The molecule has 0 radical (unpaired) electrons. The Morgan fingerprint density at radius 1 is 1.04 bits per heavy atom. The summed E-state index contributed by atoms with van der Waals surface area (Å²) < 4.78 is 32.5. The Morgan fingerprint density at radius 3 is 2.45 bits per heavy atom. The molecule has 2 aromatic carbocycles. The maximum absolute atomic E-state index is 15.0. The number of hydrogen-bond acceptors (Lipinski definition) is 9. The number of aliphatic hydroxyl groups excluding tert-OH is 1. The number of carbonyl (C=O) groups is 1. The van der Waals surface area contributed by atoms with Crippen LogP contribution >= 0.6 is 11.8 Å². The zero-order chi connectivity index (χ0) is 34.5. The SMILES string of the molecule is CC(C)(C)OC(=O)Nc1ccc(OC2CC(CN3CCC(COc4cc(F)c5c(=O)[nH]c(CSC6CCC(O)CC6)nc5c4)CC3)C2)cc1. The molecule has 10 nitrogen and oxygen atoms in total. The van der Waals surface area contributed by atoms with Gasteiger partial charge in [-0.15, -0.1) is 0 Å². The number of ether oxygens (including phenoxy) is 3. The number of nitrogens with one attached hydrogen (secondary N) is 2. The molecule has 3 N–H and O–H groups in total. The highest BCUT2D eigenvalue weighted by Gasteiger charge is 2.33. The van der Waals surface area contributed by atoms with Gasteiger partial charge < -0.3 is 29.2 Å². The number of piperidine rings is 1. The molecule has 0 spiro atoms. The van der Waals surface area contributed by atoms with Crippen LogP contribution in [0.2, 0.25) is 0 Å². The standard InChI is InChI=1S/C37H49FN4O6S/c1-37(2,3)48-36(45)39-25-4-8-27(9-5-25)47-29-16-24(17-29)20-42-14-12-23(13-15-42)21-46-28-18-31(38)34-32(19-28)40-33(41-35(34)44)22-49-30-10-6-26(43)7-11-30/h4-5,8-9,18-19,23-24,26,29-30,43H,6-7,10-17,20-22H2,1-3H3,(H,39,45)(H,40,41,44). The van der Waals surface area contributed by atoms with Gasteiger partial charge in [0.1, 0.15) is 34.1 Å². The van der Waals surface area contributed by atoms with Crippen molar-refractivity contribution < 1.29 is 28.5 Å². The first-order valence-corrected chi connectivity index (χ1v) is 18.6. The fraction of sp³-hybridized carbons (Fsp3) is 0.595. The number of hydrogen-bond donors (Lipinski definition) is 3. The number of aromatic nitrogens is 2. The molecule has 2 saturated carbocycles. The van der Waals surface area contributed by atoms with Crippen LogP contribution in [-0.4, -0.2) is 75.4 Å². The number of fused-ring (bicyclic) bond motifs is 1. The fourth-order valence-corrected chi connectivity index (χ4v) is 8.01. The summed E-state index contributed by atoms with van der Waals surface area (Å²) in [5.41, 5.74) is -0.0348. The molecule has 12 heteroatoms. The fourth-order valence-electron chi connectivity index (χ4n) is 6.87. The number of anilines is 1. The summed E-state index contributed by atoms with van der Waals surface area (Å²) >= 11 is 1.73. The lowest BCUT2D eigenvalue weighted by atomic mass is 9.81. The largest absolute Gasteiger partial charge is 0.493 e. The molecule has 1 aliphatic heterocycles. The minimum Gasteiger partial charge on any atom is -0.493 e. The van der Waals surface area contributed by atoms with Gasteiger partial charge in [-0.25, -0.2) is 14.2 Å². The molecule has 3 fully saturated rings. The molecule has 0 bridgehead atoms. The van der Waals surface area contributed by atoms with Crippen molar-refractivity contribution in [3.63, 3.8) is 0 Å². The van der Waals surface area contributed by atoms with Gasteiger partial charge in [-0.3, -0.25) is 10.1 Å². The molecule has 6 rings (SSSR count). The van der Waals surface area contributed by atoms with E-state index in [1.165, 1.54) is 6.07 Å². The van der Waals surface area contributed by atoms with Gasteiger partial charge in [0, 0.05) is 29.6 Å². The number of H-pyrrole nitrogens is 1. The number of aromatic amines is 1. The number of thioether (sulfide) groups is 1. The van der Waals surface area contributed by atoms with Crippen molar-refractivity contribution >= 4 is 34.4 Å². The predicted molar refractivity (Wildman–Crippen MR) is 190 cm³/mol. The number of rotatable bonds is 11. The summed E-state index contributed by atoms with van der Waals surface area (Å²) in [5.74, 6) is 2.64. The van der Waals surface area contributed by atoms with Crippen molar-refractivity contribution in [2.45, 2.75) is 101 Å². The summed E-state index contributed by atoms with van der Waals surface area (Å²) in [6.07, 6.45) is 7.10. The van der Waals surface area contributed by atoms with Crippen LogP contribution in [0, 0.1) is 17.7 Å². The number of carbonyl (C=O) groups excluding carboxylic acids is 1. The smallest absolute Gasteiger partial charge is 0.412 e. The zero-order valence-electron chi connectivity index (χ0n) is 28.7. The highest BCUT2D eigenvalue weighted by molar-refractivity contribution is 7.99. The van der Waals surface area contributed by atoms with Gasteiger partial charge in [-0.1, -0.05) is 0 Å². The first-order chi connectivity index (χ1) is 23.5. The molecule has 0 atom stereocenters. The van der Waals surface area contributed by atoms with Crippen molar-refractivity contribution in [1.29, 1.82) is 0 Å². The molecule has 3 aliphatic rings. The number of halogens is 1. The summed E-state index contributed by atoms with van der Waals surface area (Å²) in [4.78, 5) is 34.5. The van der Waals surface area contributed by atoms with Crippen molar-refractivity contribution in [3.05, 3.63) is 58.4 Å².